The fourth-order valence-electron chi connectivity index (χ4n) is 1.10. The second-order valence-electron chi connectivity index (χ2n) is 3.06. The van der Waals surface area contributed by atoms with Gasteiger partial charge in [-0.05, 0) is 19.1 Å². The first-order chi connectivity index (χ1) is 7.25. The number of aromatic nitrogens is 2. The van der Waals surface area contributed by atoms with Gasteiger partial charge >= 0.3 is 0 Å². The SMILES string of the molecule is Cc1[nH]ncc1N=Nc1cccc(F)c1.N. The van der Waals surface area contributed by atoms with Gasteiger partial charge < -0.3 is 6.15 Å². The van der Waals surface area contributed by atoms with E-state index >= 15 is 0 Å². The van der Waals surface area contributed by atoms with Gasteiger partial charge in [-0.25, -0.2) is 4.39 Å². The first-order valence-corrected chi connectivity index (χ1v) is 4.43. The molecule has 0 unspecified atom stereocenters. The largest absolute Gasteiger partial charge is 0.344 e. The number of aromatic amines is 1. The number of nitrogens with zero attached hydrogens (tertiary/aromatic N) is 3. The summed E-state index contributed by atoms with van der Waals surface area (Å²) in [5, 5.41) is 14.4. The van der Waals surface area contributed by atoms with Crippen LogP contribution in [0.2, 0.25) is 0 Å². The number of hydrogen-bond acceptors (Lipinski definition) is 4. The standard InChI is InChI=1S/C10H9FN4.H3N/c1-7-10(6-12-13-7)15-14-9-4-2-3-8(11)5-9;/h2-6H,1H3,(H,12,13);1H3. The van der Waals surface area contributed by atoms with Crippen molar-refractivity contribution in [3.05, 3.63) is 42.0 Å². The third kappa shape index (κ3) is 2.71. The average Bonchev–Trinajstić information content (AvgIpc) is 2.61. The van der Waals surface area contributed by atoms with E-state index in [9.17, 15) is 4.39 Å². The second kappa shape index (κ2) is 5.13. The maximum Gasteiger partial charge on any atom is 0.126 e. The lowest BCUT2D eigenvalue weighted by molar-refractivity contribution is 0.628. The van der Waals surface area contributed by atoms with Gasteiger partial charge in [0.05, 0.1) is 17.6 Å². The Bertz CT molecular complexity index is 491. The molecule has 6 heteroatoms. The van der Waals surface area contributed by atoms with Crippen molar-refractivity contribution in [2.45, 2.75) is 6.92 Å². The summed E-state index contributed by atoms with van der Waals surface area (Å²) < 4.78 is 12.8. The third-order valence-corrected chi connectivity index (χ3v) is 1.88. The first kappa shape index (κ1) is 12.0. The minimum absolute atomic E-state index is 0. The number of aryl methyl sites for hydroxylation is 1. The summed E-state index contributed by atoms with van der Waals surface area (Å²) in [6.45, 7) is 1.84. The van der Waals surface area contributed by atoms with Gasteiger partial charge in [0, 0.05) is 6.07 Å². The van der Waals surface area contributed by atoms with Crippen LogP contribution in [0.15, 0.2) is 40.7 Å². The average molecular weight is 221 g/mol. The van der Waals surface area contributed by atoms with E-state index in [-0.39, 0.29) is 12.0 Å². The highest BCUT2D eigenvalue weighted by Crippen LogP contribution is 2.19. The van der Waals surface area contributed by atoms with Crippen LogP contribution in [0, 0.1) is 12.7 Å². The van der Waals surface area contributed by atoms with Gasteiger partial charge in [0.25, 0.3) is 0 Å². The van der Waals surface area contributed by atoms with Crippen LogP contribution in [0.4, 0.5) is 15.8 Å². The first-order valence-electron chi connectivity index (χ1n) is 4.43. The number of hydrogen-bond donors (Lipinski definition) is 2. The van der Waals surface area contributed by atoms with Crippen LogP contribution in [0.5, 0.6) is 0 Å². The zero-order valence-electron chi connectivity index (χ0n) is 8.81. The Labute approximate surface area is 92.0 Å². The van der Waals surface area contributed by atoms with E-state index in [1.165, 1.54) is 12.1 Å². The smallest absolute Gasteiger partial charge is 0.126 e. The molecular weight excluding hydrogens is 209 g/mol. The highest BCUT2D eigenvalue weighted by Gasteiger charge is 1.97. The molecule has 1 aromatic carbocycles. The van der Waals surface area contributed by atoms with Crippen molar-refractivity contribution in [3.8, 4) is 0 Å². The Hall–Kier alpha value is -2.08. The van der Waals surface area contributed by atoms with E-state index in [0.29, 0.717) is 11.4 Å². The number of benzene rings is 1. The van der Waals surface area contributed by atoms with Crippen molar-refractivity contribution in [3.63, 3.8) is 0 Å². The number of rotatable bonds is 2. The van der Waals surface area contributed by atoms with E-state index in [1.807, 2.05) is 6.92 Å². The van der Waals surface area contributed by atoms with Crippen LogP contribution >= 0.6 is 0 Å². The Morgan fingerprint density at radius 2 is 2.12 bits per heavy atom. The van der Waals surface area contributed by atoms with Crippen LogP contribution in [0.25, 0.3) is 0 Å². The van der Waals surface area contributed by atoms with Crippen molar-refractivity contribution < 1.29 is 4.39 Å². The normalized spacial score (nSPS) is 10.4. The Balaban J connectivity index is 0.00000128. The van der Waals surface area contributed by atoms with Crippen molar-refractivity contribution >= 4 is 11.4 Å². The van der Waals surface area contributed by atoms with Crippen LogP contribution in [0.3, 0.4) is 0 Å². The molecule has 0 amide bonds. The molecule has 0 aliphatic carbocycles. The van der Waals surface area contributed by atoms with E-state index in [1.54, 1.807) is 18.3 Å². The minimum Gasteiger partial charge on any atom is -0.344 e. The molecule has 4 N–H and O–H groups in total. The quantitative estimate of drug-likeness (QED) is 0.760. The fourth-order valence-corrected chi connectivity index (χ4v) is 1.10. The molecule has 0 aliphatic heterocycles. The molecule has 16 heavy (non-hydrogen) atoms. The lowest BCUT2D eigenvalue weighted by Gasteiger charge is -1.91. The molecule has 0 bridgehead atoms. The summed E-state index contributed by atoms with van der Waals surface area (Å²) >= 11 is 0. The molecule has 5 nitrogen and oxygen atoms in total. The van der Waals surface area contributed by atoms with Gasteiger partial charge in [-0.3, -0.25) is 5.10 Å². The molecule has 1 heterocycles. The van der Waals surface area contributed by atoms with Crippen molar-refractivity contribution in [2.75, 3.05) is 0 Å². The number of azo groups is 1. The van der Waals surface area contributed by atoms with E-state index in [0.717, 1.165) is 5.69 Å². The molecule has 84 valence electrons. The van der Waals surface area contributed by atoms with E-state index in [2.05, 4.69) is 20.4 Å². The third-order valence-electron chi connectivity index (χ3n) is 1.88. The molecule has 2 aromatic rings. The molecular formula is C10H12FN5. The fraction of sp³-hybridized carbons (Fsp3) is 0.100. The highest BCUT2D eigenvalue weighted by atomic mass is 19.1. The van der Waals surface area contributed by atoms with Crippen LogP contribution in [-0.2, 0) is 0 Å². The molecule has 0 saturated carbocycles. The molecule has 2 rings (SSSR count). The zero-order valence-corrected chi connectivity index (χ0v) is 8.81. The summed E-state index contributed by atoms with van der Waals surface area (Å²) in [6, 6.07) is 5.95. The van der Waals surface area contributed by atoms with Gasteiger partial charge in [-0.15, -0.1) is 5.11 Å². The van der Waals surface area contributed by atoms with Crippen LogP contribution < -0.4 is 6.15 Å². The van der Waals surface area contributed by atoms with Gasteiger partial charge in [0.1, 0.15) is 11.5 Å². The molecule has 0 fully saturated rings. The molecule has 0 atom stereocenters. The Morgan fingerprint density at radius 3 is 2.75 bits per heavy atom. The maximum atomic E-state index is 12.8. The van der Waals surface area contributed by atoms with Gasteiger partial charge in [0.2, 0.25) is 0 Å². The maximum absolute atomic E-state index is 12.8. The van der Waals surface area contributed by atoms with E-state index in [4.69, 9.17) is 0 Å². The topological polar surface area (TPSA) is 88.4 Å². The molecule has 0 aliphatic rings. The number of H-pyrrole nitrogens is 1. The summed E-state index contributed by atoms with van der Waals surface area (Å²) in [6.07, 6.45) is 1.57. The molecule has 0 saturated heterocycles. The predicted molar refractivity (Wildman–Crippen MR) is 58.9 cm³/mol. The summed E-state index contributed by atoms with van der Waals surface area (Å²) in [7, 11) is 0. The lowest BCUT2D eigenvalue weighted by atomic mass is 10.3. The van der Waals surface area contributed by atoms with Gasteiger partial charge in [-0.1, -0.05) is 6.07 Å². The predicted octanol–water partition coefficient (Wildman–Crippen LogP) is 3.43. The molecule has 1 aromatic heterocycles. The Morgan fingerprint density at radius 1 is 1.31 bits per heavy atom. The molecule has 0 radical (unpaired) electrons. The zero-order chi connectivity index (χ0) is 10.7. The summed E-state index contributed by atoms with van der Waals surface area (Å²) in [4.78, 5) is 0. The number of halogens is 1. The second-order valence-corrected chi connectivity index (χ2v) is 3.06. The van der Waals surface area contributed by atoms with Gasteiger partial charge in [-0.2, -0.15) is 10.2 Å². The van der Waals surface area contributed by atoms with Crippen LogP contribution in [0.1, 0.15) is 5.69 Å². The Kier molecular flexibility index (Phi) is 3.84. The highest BCUT2D eigenvalue weighted by molar-refractivity contribution is 5.40. The molecule has 0 spiro atoms. The van der Waals surface area contributed by atoms with E-state index < -0.39 is 0 Å². The monoisotopic (exact) mass is 221 g/mol. The summed E-state index contributed by atoms with van der Waals surface area (Å²) in [5.41, 5.74) is 1.96. The summed E-state index contributed by atoms with van der Waals surface area (Å²) in [5.74, 6) is -0.324. The van der Waals surface area contributed by atoms with Crippen LogP contribution in [-0.4, -0.2) is 10.2 Å². The minimum atomic E-state index is -0.324. The number of nitrogens with one attached hydrogen (secondary N) is 1. The van der Waals surface area contributed by atoms with Crippen molar-refractivity contribution in [1.82, 2.24) is 16.3 Å². The van der Waals surface area contributed by atoms with Crippen molar-refractivity contribution in [2.24, 2.45) is 10.2 Å². The lowest BCUT2D eigenvalue weighted by Crippen LogP contribution is -1.70. The van der Waals surface area contributed by atoms with Crippen molar-refractivity contribution in [1.29, 1.82) is 0 Å². The van der Waals surface area contributed by atoms with Gasteiger partial charge in [0.15, 0.2) is 0 Å².